The van der Waals surface area contributed by atoms with E-state index in [1.54, 1.807) is 0 Å². The van der Waals surface area contributed by atoms with Crippen molar-refractivity contribution >= 4 is 10.2 Å². The van der Waals surface area contributed by atoms with Crippen LogP contribution in [-0.4, -0.2) is 15.7 Å². The summed E-state index contributed by atoms with van der Waals surface area (Å²) in [7, 11) is 0.308. The molecule has 0 amide bonds. The number of hydrogen-bond acceptors (Lipinski definition) is 6. The average Bonchev–Trinajstić information content (AvgIpc) is 1.87. The molecule has 0 aromatic carbocycles. The maximum atomic E-state index is 6.39. The van der Waals surface area contributed by atoms with Crippen molar-refractivity contribution in [3.63, 3.8) is 0 Å². The maximum absolute atomic E-state index is 6.39. The van der Waals surface area contributed by atoms with Gasteiger partial charge in [-0.25, -0.2) is 16.6 Å². The number of rotatable bonds is 3. The van der Waals surface area contributed by atoms with Crippen LogP contribution in [0.4, 0.5) is 0 Å². The van der Waals surface area contributed by atoms with Crippen LogP contribution in [0.3, 0.4) is 0 Å². The predicted molar refractivity (Wildman–Crippen MR) is 28.1 cm³/mol. The van der Waals surface area contributed by atoms with Gasteiger partial charge in [-0.1, -0.05) is 0 Å². The van der Waals surface area contributed by atoms with Crippen LogP contribution in [0.2, 0.25) is 0 Å². The van der Waals surface area contributed by atoms with Crippen LogP contribution in [0.1, 0.15) is 0 Å². The average molecular weight is 130 g/mol. The van der Waals surface area contributed by atoms with E-state index in [2.05, 4.69) is 15.3 Å². The molecule has 44 valence electrons. The fraction of sp³-hybridized carbons (Fsp3) is 1.00. The lowest BCUT2D eigenvalue weighted by Gasteiger charge is -2.04. The van der Waals surface area contributed by atoms with E-state index in [1.165, 1.54) is 0 Å². The Labute approximate surface area is 48.6 Å². The summed E-state index contributed by atoms with van der Waals surface area (Å²) < 4.78 is 0. The van der Waals surface area contributed by atoms with Crippen molar-refractivity contribution in [2.75, 3.05) is 0 Å². The molecule has 0 atom stereocenters. The minimum absolute atomic E-state index is 0.308. The van der Waals surface area contributed by atoms with E-state index in [0.29, 0.717) is 10.2 Å². The molecule has 0 heterocycles. The SMILES string of the molecule is N=NC([SiH3])(N=N)N=N. The van der Waals surface area contributed by atoms with Gasteiger partial charge >= 0.3 is 0 Å². The van der Waals surface area contributed by atoms with Gasteiger partial charge in [0.05, 0.1) is 0 Å². The van der Waals surface area contributed by atoms with Gasteiger partial charge in [-0.15, -0.1) is 15.3 Å². The fourth-order valence-electron chi connectivity index (χ4n) is 0.0750. The summed E-state index contributed by atoms with van der Waals surface area (Å²) in [4.78, 5) is 0. The van der Waals surface area contributed by atoms with Gasteiger partial charge in [0, 0.05) is 0 Å². The van der Waals surface area contributed by atoms with Gasteiger partial charge in [-0.05, 0) is 0 Å². The predicted octanol–water partition coefficient (Wildman–Crippen LogP) is 0.0560. The van der Waals surface area contributed by atoms with Gasteiger partial charge in [0.1, 0.15) is 10.2 Å². The molecule has 0 aliphatic carbocycles. The summed E-state index contributed by atoms with van der Waals surface area (Å²) in [6.45, 7) is 0. The highest BCUT2D eigenvalue weighted by Crippen LogP contribution is 2.06. The summed E-state index contributed by atoms with van der Waals surface area (Å²) in [5.74, 6) is 0. The molecular weight excluding hydrogens is 124 g/mol. The third kappa shape index (κ3) is 1.26. The molecule has 0 aliphatic heterocycles. The summed E-state index contributed by atoms with van der Waals surface area (Å²) in [6, 6.07) is 0. The third-order valence-corrected chi connectivity index (χ3v) is 1.31. The molecule has 7 heteroatoms. The standard InChI is InChI=1S/CH6N6Si/c2-5-1(8,6-3)7-4/h2-4H,8H3. The van der Waals surface area contributed by atoms with E-state index in [9.17, 15) is 0 Å². The maximum Gasteiger partial charge on any atom is 0.266 e. The van der Waals surface area contributed by atoms with Crippen LogP contribution >= 0.6 is 0 Å². The molecule has 0 radical (unpaired) electrons. The summed E-state index contributed by atoms with van der Waals surface area (Å²) in [5.41, 5.74) is 17.8. The molecule has 0 aliphatic rings. The fourth-order valence-corrected chi connectivity index (χ4v) is 0.0750. The lowest BCUT2D eigenvalue weighted by molar-refractivity contribution is 0.530. The van der Waals surface area contributed by atoms with E-state index in [-0.39, 0.29) is 0 Å². The van der Waals surface area contributed by atoms with E-state index in [4.69, 9.17) is 16.6 Å². The molecule has 0 rings (SSSR count). The first-order valence-electron chi connectivity index (χ1n) is 1.84. The zero-order valence-electron chi connectivity index (χ0n) is 4.34. The second-order valence-corrected chi connectivity index (χ2v) is 2.65. The zero-order valence-corrected chi connectivity index (χ0v) is 6.34. The second-order valence-electron chi connectivity index (χ2n) is 1.31. The first-order chi connectivity index (χ1) is 3.68. The Morgan fingerprint density at radius 3 is 1.25 bits per heavy atom. The normalized spacial score (nSPS) is 16.5. The molecule has 6 nitrogen and oxygen atoms in total. The molecule has 0 spiro atoms. The highest BCUT2D eigenvalue weighted by Gasteiger charge is 2.18. The minimum Gasteiger partial charge on any atom is -0.206 e. The number of nitrogens with one attached hydrogen (secondary N) is 3. The summed E-state index contributed by atoms with van der Waals surface area (Å²) >= 11 is 0. The van der Waals surface area contributed by atoms with Crippen molar-refractivity contribution in [2.45, 2.75) is 5.41 Å². The monoisotopic (exact) mass is 130 g/mol. The lowest BCUT2D eigenvalue weighted by atomic mass is 10.9. The number of hydrogen-bond donors (Lipinski definition) is 3. The Balaban J connectivity index is 4.18. The van der Waals surface area contributed by atoms with Crippen molar-refractivity contribution in [2.24, 2.45) is 15.3 Å². The molecule has 0 aromatic heterocycles. The highest BCUT2D eigenvalue weighted by atomic mass is 28.1. The van der Waals surface area contributed by atoms with Crippen molar-refractivity contribution in [3.05, 3.63) is 0 Å². The van der Waals surface area contributed by atoms with Gasteiger partial charge < -0.3 is 0 Å². The number of nitrogens with zero attached hydrogens (tertiary/aromatic N) is 3. The van der Waals surface area contributed by atoms with Crippen LogP contribution in [0, 0.1) is 16.6 Å². The quantitative estimate of drug-likeness (QED) is 0.354. The van der Waals surface area contributed by atoms with E-state index in [0.717, 1.165) is 0 Å². The Kier molecular flexibility index (Phi) is 2.07. The van der Waals surface area contributed by atoms with Crippen LogP contribution in [-0.2, 0) is 0 Å². The first-order valence-corrected chi connectivity index (χ1v) is 2.84. The molecule has 3 N–H and O–H groups in total. The van der Waals surface area contributed by atoms with Gasteiger partial charge in [0.15, 0.2) is 0 Å². The molecule has 0 unspecified atom stereocenters. The Morgan fingerprint density at radius 2 is 1.25 bits per heavy atom. The third-order valence-electron chi connectivity index (χ3n) is 0.635. The van der Waals surface area contributed by atoms with Crippen LogP contribution in [0.15, 0.2) is 15.3 Å². The van der Waals surface area contributed by atoms with Crippen LogP contribution < -0.4 is 0 Å². The molecule has 0 saturated heterocycles. The molecule has 0 fully saturated rings. The molecule has 8 heavy (non-hydrogen) atoms. The molecular formula is CH6N6Si. The molecule has 0 aromatic rings. The van der Waals surface area contributed by atoms with Gasteiger partial charge in [-0.3, -0.25) is 0 Å². The molecule has 0 saturated carbocycles. The van der Waals surface area contributed by atoms with E-state index < -0.39 is 5.41 Å². The Morgan fingerprint density at radius 1 is 1.00 bits per heavy atom. The Hall–Kier alpha value is -0.983. The van der Waals surface area contributed by atoms with Gasteiger partial charge in [0.2, 0.25) is 0 Å². The topological polar surface area (TPSA) is 109 Å². The zero-order chi connectivity index (χ0) is 6.62. The van der Waals surface area contributed by atoms with Crippen molar-refractivity contribution < 1.29 is 0 Å². The van der Waals surface area contributed by atoms with E-state index >= 15 is 0 Å². The highest BCUT2D eigenvalue weighted by molar-refractivity contribution is 6.14. The second kappa shape index (κ2) is 2.36. The van der Waals surface area contributed by atoms with Crippen molar-refractivity contribution in [1.29, 1.82) is 16.6 Å². The lowest BCUT2D eigenvalue weighted by Crippen LogP contribution is -2.17. The van der Waals surface area contributed by atoms with Gasteiger partial charge in [-0.2, -0.15) is 0 Å². The van der Waals surface area contributed by atoms with Crippen molar-refractivity contribution in [1.82, 2.24) is 0 Å². The smallest absolute Gasteiger partial charge is 0.206 e. The Bertz CT molecular complexity index is 95.9. The largest absolute Gasteiger partial charge is 0.266 e. The van der Waals surface area contributed by atoms with Crippen LogP contribution in [0.5, 0.6) is 0 Å². The van der Waals surface area contributed by atoms with Crippen LogP contribution in [0.25, 0.3) is 0 Å². The minimum atomic E-state index is -1.36. The van der Waals surface area contributed by atoms with Crippen molar-refractivity contribution in [3.8, 4) is 0 Å². The first kappa shape index (κ1) is 7.02. The van der Waals surface area contributed by atoms with E-state index in [1.807, 2.05) is 0 Å². The summed E-state index contributed by atoms with van der Waals surface area (Å²) in [6.07, 6.45) is 0. The molecule has 0 bridgehead atoms. The summed E-state index contributed by atoms with van der Waals surface area (Å²) in [5, 5.41) is 8.58. The van der Waals surface area contributed by atoms with Gasteiger partial charge in [0.25, 0.3) is 5.41 Å².